The molecule has 0 aromatic heterocycles. The predicted molar refractivity (Wildman–Crippen MR) is 122 cm³/mol. The molecule has 2 aromatic carbocycles. The van der Waals surface area contributed by atoms with Crippen LogP contribution in [0.25, 0.3) is 0 Å². The molecular weight excluding hydrogens is 458 g/mol. The SMILES string of the molecule is C[C@@H]1Sc2ccc(S(=O)(=O)N3CCC(C(=O)Nc4cccc(Cl)c4)CC3)cc2NC1=O. The van der Waals surface area contributed by atoms with Crippen molar-refractivity contribution in [2.24, 2.45) is 5.92 Å². The van der Waals surface area contributed by atoms with Crippen molar-refractivity contribution in [1.82, 2.24) is 4.31 Å². The molecular formula is C21H22ClN3O4S2. The Morgan fingerprint density at radius 3 is 2.65 bits per heavy atom. The maximum Gasteiger partial charge on any atom is 0.243 e. The Morgan fingerprint density at radius 2 is 1.94 bits per heavy atom. The number of halogens is 1. The molecule has 2 N–H and O–H groups in total. The topological polar surface area (TPSA) is 95.6 Å². The molecule has 7 nitrogen and oxygen atoms in total. The summed E-state index contributed by atoms with van der Waals surface area (Å²) < 4.78 is 27.6. The molecule has 164 valence electrons. The third-order valence-corrected chi connectivity index (χ3v) is 8.74. The number of amides is 2. The molecule has 2 heterocycles. The highest BCUT2D eigenvalue weighted by atomic mass is 35.5. The number of piperidine rings is 1. The van der Waals surface area contributed by atoms with Gasteiger partial charge in [-0.1, -0.05) is 17.7 Å². The Kier molecular flexibility index (Phi) is 6.30. The Balaban J connectivity index is 1.42. The van der Waals surface area contributed by atoms with Gasteiger partial charge in [-0.15, -0.1) is 11.8 Å². The lowest BCUT2D eigenvalue weighted by Gasteiger charge is -2.31. The second kappa shape index (κ2) is 8.82. The third-order valence-electron chi connectivity index (χ3n) is 5.44. The first-order chi connectivity index (χ1) is 14.7. The van der Waals surface area contributed by atoms with Gasteiger partial charge in [0.15, 0.2) is 0 Å². The number of thioether (sulfide) groups is 1. The summed E-state index contributed by atoms with van der Waals surface area (Å²) in [6.45, 7) is 2.32. The van der Waals surface area contributed by atoms with Crippen LogP contribution in [0.3, 0.4) is 0 Å². The van der Waals surface area contributed by atoms with Crippen molar-refractivity contribution in [2.45, 2.75) is 34.8 Å². The Bertz CT molecular complexity index is 1130. The quantitative estimate of drug-likeness (QED) is 0.695. The van der Waals surface area contributed by atoms with Gasteiger partial charge in [0.05, 0.1) is 15.8 Å². The molecule has 10 heteroatoms. The van der Waals surface area contributed by atoms with Crippen LogP contribution in [0.15, 0.2) is 52.3 Å². The molecule has 31 heavy (non-hydrogen) atoms. The number of hydrogen-bond acceptors (Lipinski definition) is 5. The second-order valence-corrected chi connectivity index (χ2v) is 11.3. The van der Waals surface area contributed by atoms with E-state index in [1.165, 1.54) is 22.1 Å². The maximum atomic E-state index is 13.1. The van der Waals surface area contributed by atoms with E-state index < -0.39 is 10.0 Å². The minimum absolute atomic E-state index is 0.137. The van der Waals surface area contributed by atoms with Gasteiger partial charge in [0, 0.05) is 34.6 Å². The number of rotatable bonds is 4. The second-order valence-electron chi connectivity index (χ2n) is 7.59. The van der Waals surface area contributed by atoms with Gasteiger partial charge in [0.2, 0.25) is 21.8 Å². The number of anilines is 2. The summed E-state index contributed by atoms with van der Waals surface area (Å²) in [4.78, 5) is 25.5. The van der Waals surface area contributed by atoms with Crippen LogP contribution in [0, 0.1) is 5.92 Å². The summed E-state index contributed by atoms with van der Waals surface area (Å²) >= 11 is 7.36. The molecule has 2 aromatic rings. The number of sulfonamides is 1. The van der Waals surface area contributed by atoms with Crippen LogP contribution in [0.5, 0.6) is 0 Å². The fraction of sp³-hybridized carbons (Fsp3) is 0.333. The monoisotopic (exact) mass is 479 g/mol. The van der Waals surface area contributed by atoms with Gasteiger partial charge < -0.3 is 10.6 Å². The zero-order valence-electron chi connectivity index (χ0n) is 16.8. The smallest absolute Gasteiger partial charge is 0.243 e. The summed E-state index contributed by atoms with van der Waals surface area (Å²) in [6, 6.07) is 11.7. The van der Waals surface area contributed by atoms with Gasteiger partial charge in [-0.2, -0.15) is 4.31 Å². The van der Waals surface area contributed by atoms with Crippen LogP contribution in [0.1, 0.15) is 19.8 Å². The minimum Gasteiger partial charge on any atom is -0.326 e. The number of fused-ring (bicyclic) bond motifs is 1. The summed E-state index contributed by atoms with van der Waals surface area (Å²) in [7, 11) is -3.72. The first kappa shape index (κ1) is 22.1. The van der Waals surface area contributed by atoms with E-state index in [2.05, 4.69) is 10.6 Å². The first-order valence-corrected chi connectivity index (χ1v) is 12.6. The van der Waals surface area contributed by atoms with Gasteiger partial charge in [-0.05, 0) is 56.2 Å². The fourth-order valence-corrected chi connectivity index (χ4v) is 6.28. The first-order valence-electron chi connectivity index (χ1n) is 9.92. The van der Waals surface area contributed by atoms with Crippen molar-refractivity contribution in [3.05, 3.63) is 47.5 Å². The van der Waals surface area contributed by atoms with E-state index in [4.69, 9.17) is 11.6 Å². The van der Waals surface area contributed by atoms with Crippen LogP contribution in [-0.2, 0) is 19.6 Å². The van der Waals surface area contributed by atoms with E-state index in [0.29, 0.717) is 29.2 Å². The van der Waals surface area contributed by atoms with E-state index in [1.807, 2.05) is 0 Å². The van der Waals surface area contributed by atoms with Crippen molar-refractivity contribution in [3.8, 4) is 0 Å². The molecule has 1 fully saturated rings. The number of hydrogen-bond donors (Lipinski definition) is 2. The van der Waals surface area contributed by atoms with Crippen molar-refractivity contribution in [3.63, 3.8) is 0 Å². The number of carbonyl (C=O) groups is 2. The van der Waals surface area contributed by atoms with Gasteiger partial charge in [0.1, 0.15) is 0 Å². The molecule has 1 atom stereocenters. The average molecular weight is 480 g/mol. The molecule has 0 aliphatic carbocycles. The van der Waals surface area contributed by atoms with Crippen LogP contribution in [0.2, 0.25) is 5.02 Å². The largest absolute Gasteiger partial charge is 0.326 e. The van der Waals surface area contributed by atoms with Crippen molar-refractivity contribution < 1.29 is 18.0 Å². The summed E-state index contributed by atoms with van der Waals surface area (Å²) in [5.74, 6) is -0.549. The highest BCUT2D eigenvalue weighted by molar-refractivity contribution is 8.01. The zero-order valence-corrected chi connectivity index (χ0v) is 19.2. The molecule has 2 aliphatic heterocycles. The molecule has 1 saturated heterocycles. The predicted octanol–water partition coefficient (Wildman–Crippen LogP) is 3.81. The zero-order chi connectivity index (χ0) is 22.2. The van der Waals surface area contributed by atoms with E-state index in [0.717, 1.165) is 4.90 Å². The molecule has 4 rings (SSSR count). The molecule has 0 bridgehead atoms. The molecule has 2 aliphatic rings. The fourth-order valence-electron chi connectivity index (χ4n) is 3.67. The Morgan fingerprint density at radius 1 is 1.19 bits per heavy atom. The van der Waals surface area contributed by atoms with Crippen LogP contribution in [-0.4, -0.2) is 42.9 Å². The molecule has 2 amide bonds. The standard InChI is InChI=1S/C21H22ClN3O4S2/c1-13-20(26)24-18-12-17(5-6-19(18)30-13)31(28,29)25-9-7-14(8-10-25)21(27)23-16-4-2-3-15(22)11-16/h2-6,11-14H,7-10H2,1H3,(H,23,27)(H,24,26)/t13-/m0/s1. The Hall–Kier alpha value is -2.07. The van der Waals surface area contributed by atoms with Gasteiger partial charge in [-0.3, -0.25) is 9.59 Å². The van der Waals surface area contributed by atoms with E-state index in [-0.39, 0.29) is 41.0 Å². The van der Waals surface area contributed by atoms with Crippen LogP contribution < -0.4 is 10.6 Å². The normalized spacial score (nSPS) is 20.1. The van der Waals surface area contributed by atoms with Gasteiger partial charge in [0.25, 0.3) is 0 Å². The molecule has 0 radical (unpaired) electrons. The number of benzene rings is 2. The lowest BCUT2D eigenvalue weighted by molar-refractivity contribution is -0.121. The van der Waals surface area contributed by atoms with Gasteiger partial charge in [-0.25, -0.2) is 8.42 Å². The molecule has 0 saturated carbocycles. The van der Waals surface area contributed by atoms with Crippen molar-refractivity contribution in [1.29, 1.82) is 0 Å². The molecule has 0 spiro atoms. The van der Waals surface area contributed by atoms with E-state index in [9.17, 15) is 18.0 Å². The highest BCUT2D eigenvalue weighted by Gasteiger charge is 2.33. The lowest BCUT2D eigenvalue weighted by Crippen LogP contribution is -2.41. The van der Waals surface area contributed by atoms with Crippen molar-refractivity contribution >= 4 is 56.6 Å². The van der Waals surface area contributed by atoms with Crippen LogP contribution >= 0.6 is 23.4 Å². The third kappa shape index (κ3) is 4.74. The van der Waals surface area contributed by atoms with Gasteiger partial charge >= 0.3 is 0 Å². The summed E-state index contributed by atoms with van der Waals surface area (Å²) in [5, 5.41) is 5.93. The van der Waals surface area contributed by atoms with Crippen molar-refractivity contribution in [2.75, 3.05) is 23.7 Å². The highest BCUT2D eigenvalue weighted by Crippen LogP contribution is 2.37. The lowest BCUT2D eigenvalue weighted by atomic mass is 9.97. The van der Waals surface area contributed by atoms with E-state index >= 15 is 0 Å². The summed E-state index contributed by atoms with van der Waals surface area (Å²) in [6.07, 6.45) is 0.862. The van der Waals surface area contributed by atoms with E-state index in [1.54, 1.807) is 43.3 Å². The maximum absolute atomic E-state index is 13.1. The molecule has 0 unspecified atom stereocenters. The minimum atomic E-state index is -3.72. The number of nitrogens with one attached hydrogen (secondary N) is 2. The number of nitrogens with zero attached hydrogens (tertiary/aromatic N) is 1. The summed E-state index contributed by atoms with van der Waals surface area (Å²) in [5.41, 5.74) is 1.14. The average Bonchev–Trinajstić information content (AvgIpc) is 2.74. The Labute approximate surface area is 190 Å². The number of carbonyl (C=O) groups excluding carboxylic acids is 2. The van der Waals surface area contributed by atoms with Crippen LogP contribution in [0.4, 0.5) is 11.4 Å².